The molecule has 0 fully saturated rings. The number of carboxylic acids is 1. The molecular weight excluding hydrogens is 398 g/mol. The number of nitrogens with two attached hydrogens (primary N) is 1. The third-order valence-corrected chi connectivity index (χ3v) is 6.79. The average molecular weight is 413 g/mol. The Morgan fingerprint density at radius 3 is 2.39 bits per heavy atom. The molecule has 0 aliphatic carbocycles. The van der Waals surface area contributed by atoms with Gasteiger partial charge in [0.2, 0.25) is 10.0 Å². The lowest BCUT2D eigenvalue weighted by atomic mass is 9.98. The number of hydrogen-bond acceptors (Lipinski definition) is 5. The quantitative estimate of drug-likeness (QED) is 0.512. The van der Waals surface area contributed by atoms with Crippen LogP contribution in [0.15, 0.2) is 64.1 Å². The maximum atomic E-state index is 11.9. The third-order valence-electron chi connectivity index (χ3n) is 4.53. The highest BCUT2D eigenvalue weighted by atomic mass is 32.2. The van der Waals surface area contributed by atoms with Crippen LogP contribution in [-0.4, -0.2) is 19.5 Å². The lowest BCUT2D eigenvalue weighted by molar-refractivity contribution is 0.0703. The molecule has 0 aliphatic heterocycles. The van der Waals surface area contributed by atoms with Gasteiger partial charge in [0.1, 0.15) is 10.5 Å². The first-order chi connectivity index (χ1) is 13.3. The topological polar surface area (TPSA) is 111 Å². The molecule has 8 heteroatoms. The van der Waals surface area contributed by atoms with Crippen molar-refractivity contribution in [2.45, 2.75) is 11.8 Å². The van der Waals surface area contributed by atoms with Gasteiger partial charge in [-0.25, -0.2) is 18.4 Å². The van der Waals surface area contributed by atoms with E-state index >= 15 is 0 Å². The minimum Gasteiger partial charge on any atom is -0.477 e. The highest BCUT2D eigenvalue weighted by Crippen LogP contribution is 2.42. The number of hydrogen-bond donors (Lipinski definition) is 2. The molecule has 0 amide bonds. The fourth-order valence-corrected chi connectivity index (χ4v) is 4.89. The summed E-state index contributed by atoms with van der Waals surface area (Å²) in [5, 5.41) is 15.8. The standard InChI is InChI=1S/C20H15NO5S2/c1-11-17(12-2-5-15(6-3-12)28(21,24)25)19(20(22)23)27-18(11)14-4-7-16-13(10-14)8-9-26-16/h2-10H,1H3,(H,22,23)(H2,21,24,25). The number of aromatic carboxylic acids is 1. The van der Waals surface area contributed by atoms with E-state index in [1.165, 1.54) is 23.5 Å². The molecule has 0 saturated heterocycles. The first-order valence-corrected chi connectivity index (χ1v) is 10.6. The Balaban J connectivity index is 1.89. The minimum atomic E-state index is -3.81. The summed E-state index contributed by atoms with van der Waals surface area (Å²) in [6.07, 6.45) is 1.61. The van der Waals surface area contributed by atoms with Crippen LogP contribution in [0.5, 0.6) is 0 Å². The Hall–Kier alpha value is -2.94. The maximum Gasteiger partial charge on any atom is 0.346 e. The monoisotopic (exact) mass is 413 g/mol. The van der Waals surface area contributed by atoms with Gasteiger partial charge in [-0.1, -0.05) is 12.1 Å². The van der Waals surface area contributed by atoms with Gasteiger partial charge < -0.3 is 9.52 Å². The highest BCUT2D eigenvalue weighted by molar-refractivity contribution is 7.89. The average Bonchev–Trinajstić information content (AvgIpc) is 3.24. The zero-order chi connectivity index (χ0) is 20.1. The molecule has 6 nitrogen and oxygen atoms in total. The number of carbonyl (C=O) groups is 1. The van der Waals surface area contributed by atoms with Crippen LogP contribution in [0.2, 0.25) is 0 Å². The van der Waals surface area contributed by atoms with Crippen LogP contribution >= 0.6 is 11.3 Å². The number of fused-ring (bicyclic) bond motifs is 1. The van der Waals surface area contributed by atoms with E-state index in [-0.39, 0.29) is 9.77 Å². The Morgan fingerprint density at radius 2 is 1.75 bits per heavy atom. The van der Waals surface area contributed by atoms with Crippen LogP contribution in [0.25, 0.3) is 32.5 Å². The van der Waals surface area contributed by atoms with Gasteiger partial charge in [0.15, 0.2) is 0 Å². The van der Waals surface area contributed by atoms with Crippen LogP contribution in [-0.2, 0) is 10.0 Å². The predicted molar refractivity (Wildman–Crippen MR) is 108 cm³/mol. The molecule has 0 unspecified atom stereocenters. The van der Waals surface area contributed by atoms with Crippen molar-refractivity contribution in [2.24, 2.45) is 5.14 Å². The molecule has 3 N–H and O–H groups in total. The van der Waals surface area contributed by atoms with Crippen molar-refractivity contribution in [3.63, 3.8) is 0 Å². The summed E-state index contributed by atoms with van der Waals surface area (Å²) >= 11 is 1.19. The normalized spacial score (nSPS) is 11.8. The van der Waals surface area contributed by atoms with Crippen LogP contribution in [0.1, 0.15) is 15.2 Å². The molecule has 28 heavy (non-hydrogen) atoms. The Kier molecular flexibility index (Phi) is 4.34. The molecule has 142 valence electrons. The number of thiophene rings is 1. The molecule has 0 atom stereocenters. The second-order valence-corrected chi connectivity index (χ2v) is 8.89. The van der Waals surface area contributed by atoms with Crippen molar-refractivity contribution >= 4 is 38.3 Å². The Bertz CT molecular complexity index is 1310. The molecular formula is C20H15NO5S2. The van der Waals surface area contributed by atoms with Crippen molar-refractivity contribution in [3.8, 4) is 21.6 Å². The number of primary sulfonamides is 1. The fraction of sp³-hybridized carbons (Fsp3) is 0.0500. The number of carboxylic acid groups (broad SMARTS) is 1. The van der Waals surface area contributed by atoms with Gasteiger partial charge in [0.25, 0.3) is 0 Å². The van der Waals surface area contributed by atoms with E-state index in [1.54, 1.807) is 18.4 Å². The second-order valence-electron chi connectivity index (χ2n) is 6.31. The molecule has 2 heterocycles. The SMILES string of the molecule is Cc1c(-c2ccc3occc3c2)sc(C(=O)O)c1-c1ccc(S(N)(=O)=O)cc1. The lowest BCUT2D eigenvalue weighted by Crippen LogP contribution is -2.11. The van der Waals surface area contributed by atoms with Crippen molar-refractivity contribution in [3.05, 3.63) is 65.2 Å². The summed E-state index contributed by atoms with van der Waals surface area (Å²) in [7, 11) is -3.81. The maximum absolute atomic E-state index is 11.9. The zero-order valence-corrected chi connectivity index (χ0v) is 16.3. The largest absolute Gasteiger partial charge is 0.477 e. The lowest BCUT2D eigenvalue weighted by Gasteiger charge is -2.06. The van der Waals surface area contributed by atoms with E-state index in [9.17, 15) is 18.3 Å². The number of furan rings is 1. The van der Waals surface area contributed by atoms with E-state index in [0.29, 0.717) is 11.1 Å². The van der Waals surface area contributed by atoms with Gasteiger partial charge in [-0.3, -0.25) is 0 Å². The first kappa shape index (κ1) is 18.4. The van der Waals surface area contributed by atoms with Crippen LogP contribution in [0.3, 0.4) is 0 Å². The smallest absolute Gasteiger partial charge is 0.346 e. The van der Waals surface area contributed by atoms with Gasteiger partial charge in [0, 0.05) is 15.8 Å². The molecule has 0 saturated carbocycles. The van der Waals surface area contributed by atoms with Gasteiger partial charge in [-0.15, -0.1) is 11.3 Å². The molecule has 2 aromatic carbocycles. The summed E-state index contributed by atoms with van der Waals surface area (Å²) in [5.74, 6) is -1.03. The Labute approximate surface area is 164 Å². The van der Waals surface area contributed by atoms with E-state index in [1.807, 2.05) is 31.2 Å². The first-order valence-electron chi connectivity index (χ1n) is 8.23. The summed E-state index contributed by atoms with van der Waals surface area (Å²) in [4.78, 5) is 12.9. The molecule has 4 aromatic rings. The highest BCUT2D eigenvalue weighted by Gasteiger charge is 2.22. The molecule has 0 aliphatic rings. The van der Waals surface area contributed by atoms with Crippen molar-refractivity contribution in [1.29, 1.82) is 0 Å². The van der Waals surface area contributed by atoms with E-state index < -0.39 is 16.0 Å². The molecule has 0 spiro atoms. The van der Waals surface area contributed by atoms with E-state index in [4.69, 9.17) is 9.56 Å². The number of rotatable bonds is 4. The summed E-state index contributed by atoms with van der Waals surface area (Å²) in [6, 6.07) is 13.5. The predicted octanol–water partition coefficient (Wildman–Crippen LogP) is 4.48. The number of sulfonamides is 1. The van der Waals surface area contributed by atoms with Gasteiger partial charge in [-0.2, -0.15) is 0 Å². The van der Waals surface area contributed by atoms with E-state index in [0.717, 1.165) is 27.0 Å². The molecule has 0 radical (unpaired) electrons. The van der Waals surface area contributed by atoms with Crippen LogP contribution in [0, 0.1) is 6.92 Å². The molecule has 4 rings (SSSR count). The molecule has 2 aromatic heterocycles. The van der Waals surface area contributed by atoms with Crippen molar-refractivity contribution in [2.75, 3.05) is 0 Å². The van der Waals surface area contributed by atoms with Crippen molar-refractivity contribution in [1.82, 2.24) is 0 Å². The summed E-state index contributed by atoms with van der Waals surface area (Å²) in [5.41, 5.74) is 3.66. The van der Waals surface area contributed by atoms with Gasteiger partial charge >= 0.3 is 5.97 Å². The Morgan fingerprint density at radius 1 is 1.07 bits per heavy atom. The van der Waals surface area contributed by atoms with Crippen LogP contribution in [0.4, 0.5) is 0 Å². The summed E-state index contributed by atoms with van der Waals surface area (Å²) in [6.45, 7) is 1.86. The van der Waals surface area contributed by atoms with E-state index in [2.05, 4.69) is 0 Å². The van der Waals surface area contributed by atoms with Crippen molar-refractivity contribution < 1.29 is 22.7 Å². The third kappa shape index (κ3) is 3.11. The zero-order valence-electron chi connectivity index (χ0n) is 14.7. The number of benzene rings is 2. The second kappa shape index (κ2) is 6.59. The van der Waals surface area contributed by atoms with Crippen LogP contribution < -0.4 is 5.14 Å². The fourth-order valence-electron chi connectivity index (χ4n) is 3.21. The molecule has 0 bridgehead atoms. The van der Waals surface area contributed by atoms with Gasteiger partial charge in [-0.05, 0) is 60.0 Å². The minimum absolute atomic E-state index is 0.0216. The summed E-state index contributed by atoms with van der Waals surface area (Å²) < 4.78 is 28.3. The van der Waals surface area contributed by atoms with Gasteiger partial charge in [0.05, 0.1) is 11.2 Å².